The highest BCUT2D eigenvalue weighted by Crippen LogP contribution is 2.26. The molecule has 1 amide bonds. The van der Waals surface area contributed by atoms with Crippen molar-refractivity contribution in [2.75, 3.05) is 10.0 Å². The van der Waals surface area contributed by atoms with E-state index in [9.17, 15) is 13.2 Å². The van der Waals surface area contributed by atoms with Crippen LogP contribution in [0.25, 0.3) is 0 Å². The number of hydrogen-bond donors (Lipinski definition) is 2. The molecule has 3 aromatic rings. The second-order valence-corrected chi connectivity index (χ2v) is 8.82. The van der Waals surface area contributed by atoms with Gasteiger partial charge in [-0.3, -0.25) is 9.52 Å². The van der Waals surface area contributed by atoms with Crippen LogP contribution in [0.2, 0.25) is 0 Å². The summed E-state index contributed by atoms with van der Waals surface area (Å²) >= 11 is 0. The van der Waals surface area contributed by atoms with E-state index in [1.165, 1.54) is 0 Å². The van der Waals surface area contributed by atoms with E-state index in [0.717, 1.165) is 11.1 Å². The smallest absolute Gasteiger partial charge is 0.262 e. The van der Waals surface area contributed by atoms with E-state index >= 15 is 0 Å². The first-order valence-corrected chi connectivity index (χ1v) is 10.7. The Morgan fingerprint density at radius 2 is 1.38 bits per heavy atom. The number of hydrogen-bond acceptors (Lipinski definition) is 3. The molecule has 0 saturated heterocycles. The van der Waals surface area contributed by atoms with Crippen LogP contribution in [0, 0.1) is 27.7 Å². The lowest BCUT2D eigenvalue weighted by atomic mass is 10.1. The fourth-order valence-corrected chi connectivity index (χ4v) is 4.93. The number of aryl methyl sites for hydroxylation is 4. The molecule has 0 atom stereocenters. The van der Waals surface area contributed by atoms with Gasteiger partial charge >= 0.3 is 0 Å². The van der Waals surface area contributed by atoms with Crippen molar-refractivity contribution in [2.45, 2.75) is 32.6 Å². The summed E-state index contributed by atoms with van der Waals surface area (Å²) in [4.78, 5) is 13.0. The molecule has 0 aliphatic rings. The Labute approximate surface area is 171 Å². The predicted octanol–water partition coefficient (Wildman–Crippen LogP) is 4.97. The van der Waals surface area contributed by atoms with E-state index in [-0.39, 0.29) is 22.1 Å². The van der Waals surface area contributed by atoms with Gasteiger partial charge in [0, 0.05) is 5.69 Å². The molecular formula is C23H24N2O3S. The molecule has 0 spiro atoms. The van der Waals surface area contributed by atoms with Crippen LogP contribution in [0.4, 0.5) is 11.4 Å². The van der Waals surface area contributed by atoms with Gasteiger partial charge in [-0.25, -0.2) is 8.42 Å². The Bertz CT molecular complexity index is 1140. The van der Waals surface area contributed by atoms with Crippen LogP contribution in [0.5, 0.6) is 0 Å². The maximum atomic E-state index is 13.1. The molecule has 0 aromatic heterocycles. The van der Waals surface area contributed by atoms with E-state index in [1.807, 2.05) is 38.1 Å². The quantitative estimate of drug-likeness (QED) is 0.626. The Morgan fingerprint density at radius 1 is 0.793 bits per heavy atom. The first-order chi connectivity index (χ1) is 13.7. The number of anilines is 2. The number of para-hydroxylation sites is 1. The molecule has 0 radical (unpaired) electrons. The summed E-state index contributed by atoms with van der Waals surface area (Å²) < 4.78 is 28.8. The van der Waals surface area contributed by atoms with Gasteiger partial charge in [0.05, 0.1) is 16.1 Å². The lowest BCUT2D eigenvalue weighted by Crippen LogP contribution is -2.20. The molecule has 5 nitrogen and oxygen atoms in total. The number of carbonyl (C=O) groups is 1. The topological polar surface area (TPSA) is 75.3 Å². The van der Waals surface area contributed by atoms with Crippen molar-refractivity contribution in [3.63, 3.8) is 0 Å². The van der Waals surface area contributed by atoms with Gasteiger partial charge in [-0.1, -0.05) is 47.5 Å². The standard InChI is InChI=1S/C23H24N2O3S/c1-15-9-11-19(12-10-15)24-23(26)20-7-5-6-8-21(20)25-29(27,28)22-17(3)13-16(2)14-18(22)4/h5-14,25H,1-4H3,(H,24,26). The van der Waals surface area contributed by atoms with E-state index in [2.05, 4.69) is 10.0 Å². The first-order valence-electron chi connectivity index (χ1n) is 9.25. The van der Waals surface area contributed by atoms with Gasteiger partial charge in [-0.2, -0.15) is 0 Å². The average Bonchev–Trinajstić information content (AvgIpc) is 2.62. The van der Waals surface area contributed by atoms with Crippen molar-refractivity contribution in [1.82, 2.24) is 0 Å². The maximum Gasteiger partial charge on any atom is 0.262 e. The second-order valence-electron chi connectivity index (χ2n) is 7.20. The number of nitrogens with one attached hydrogen (secondary N) is 2. The number of sulfonamides is 1. The lowest BCUT2D eigenvalue weighted by Gasteiger charge is -2.16. The number of carbonyl (C=O) groups excluding carboxylic acids is 1. The SMILES string of the molecule is Cc1ccc(NC(=O)c2ccccc2NS(=O)(=O)c2c(C)cc(C)cc2C)cc1. The highest BCUT2D eigenvalue weighted by Gasteiger charge is 2.22. The molecular weight excluding hydrogens is 384 g/mol. The fraction of sp³-hybridized carbons (Fsp3) is 0.174. The summed E-state index contributed by atoms with van der Waals surface area (Å²) in [6.45, 7) is 7.43. The van der Waals surface area contributed by atoms with Crippen molar-refractivity contribution >= 4 is 27.3 Å². The fourth-order valence-electron chi connectivity index (χ4n) is 3.39. The molecule has 0 heterocycles. The molecule has 0 bridgehead atoms. The van der Waals surface area contributed by atoms with Crippen LogP contribution in [-0.2, 0) is 10.0 Å². The van der Waals surface area contributed by atoms with E-state index in [1.54, 1.807) is 50.2 Å². The van der Waals surface area contributed by atoms with Crippen molar-refractivity contribution in [1.29, 1.82) is 0 Å². The number of amides is 1. The zero-order valence-corrected chi connectivity index (χ0v) is 17.7. The summed E-state index contributed by atoms with van der Waals surface area (Å²) in [5.41, 5.74) is 4.53. The van der Waals surface area contributed by atoms with Crippen LogP contribution in [0.15, 0.2) is 65.6 Å². The minimum Gasteiger partial charge on any atom is -0.322 e. The third-order valence-electron chi connectivity index (χ3n) is 4.60. The lowest BCUT2D eigenvalue weighted by molar-refractivity contribution is 0.102. The van der Waals surface area contributed by atoms with Crippen LogP contribution in [0.3, 0.4) is 0 Å². The summed E-state index contributed by atoms with van der Waals surface area (Å²) in [5, 5.41) is 2.81. The molecule has 3 aromatic carbocycles. The van der Waals surface area contributed by atoms with Crippen molar-refractivity contribution in [3.8, 4) is 0 Å². The van der Waals surface area contributed by atoms with Gasteiger partial charge < -0.3 is 5.32 Å². The largest absolute Gasteiger partial charge is 0.322 e. The van der Waals surface area contributed by atoms with Gasteiger partial charge in [-0.15, -0.1) is 0 Å². The second kappa shape index (κ2) is 8.09. The highest BCUT2D eigenvalue weighted by molar-refractivity contribution is 7.92. The average molecular weight is 409 g/mol. The van der Waals surface area contributed by atoms with Crippen LogP contribution in [-0.4, -0.2) is 14.3 Å². The van der Waals surface area contributed by atoms with Crippen molar-refractivity contribution < 1.29 is 13.2 Å². The summed E-state index contributed by atoms with van der Waals surface area (Å²) in [6, 6.07) is 17.6. The van der Waals surface area contributed by atoms with Crippen molar-refractivity contribution in [2.24, 2.45) is 0 Å². The minimum absolute atomic E-state index is 0.233. The maximum absolute atomic E-state index is 13.1. The zero-order valence-electron chi connectivity index (χ0n) is 16.9. The third-order valence-corrected chi connectivity index (χ3v) is 6.27. The Kier molecular flexibility index (Phi) is 5.75. The van der Waals surface area contributed by atoms with Crippen LogP contribution in [0.1, 0.15) is 32.6 Å². The van der Waals surface area contributed by atoms with Gasteiger partial charge in [0.1, 0.15) is 0 Å². The molecule has 0 fully saturated rings. The third kappa shape index (κ3) is 4.66. The first kappa shape index (κ1) is 20.6. The summed E-state index contributed by atoms with van der Waals surface area (Å²) in [7, 11) is -3.86. The molecule has 29 heavy (non-hydrogen) atoms. The molecule has 6 heteroatoms. The van der Waals surface area contributed by atoms with Gasteiger partial charge in [0.15, 0.2) is 0 Å². The molecule has 2 N–H and O–H groups in total. The monoisotopic (exact) mass is 408 g/mol. The molecule has 3 rings (SSSR count). The number of rotatable bonds is 5. The van der Waals surface area contributed by atoms with E-state index in [4.69, 9.17) is 0 Å². The van der Waals surface area contributed by atoms with E-state index < -0.39 is 10.0 Å². The molecule has 0 saturated carbocycles. The Morgan fingerprint density at radius 3 is 2.00 bits per heavy atom. The molecule has 0 aliphatic carbocycles. The molecule has 0 unspecified atom stereocenters. The van der Waals surface area contributed by atoms with Crippen LogP contribution >= 0.6 is 0 Å². The predicted molar refractivity (Wildman–Crippen MR) is 117 cm³/mol. The Hall–Kier alpha value is -3.12. The van der Waals surface area contributed by atoms with Gasteiger partial charge in [0.2, 0.25) is 0 Å². The molecule has 150 valence electrons. The minimum atomic E-state index is -3.86. The highest BCUT2D eigenvalue weighted by atomic mass is 32.2. The van der Waals surface area contributed by atoms with Gasteiger partial charge in [-0.05, 0) is 63.1 Å². The normalized spacial score (nSPS) is 11.2. The van der Waals surface area contributed by atoms with Crippen molar-refractivity contribution in [3.05, 3.63) is 88.5 Å². The van der Waals surface area contributed by atoms with Crippen LogP contribution < -0.4 is 10.0 Å². The van der Waals surface area contributed by atoms with Gasteiger partial charge in [0.25, 0.3) is 15.9 Å². The van der Waals surface area contributed by atoms with E-state index in [0.29, 0.717) is 16.8 Å². The zero-order chi connectivity index (χ0) is 21.2. The molecule has 0 aliphatic heterocycles. The summed E-state index contributed by atoms with van der Waals surface area (Å²) in [5.74, 6) is -0.385. The Balaban J connectivity index is 1.93. The summed E-state index contributed by atoms with van der Waals surface area (Å²) in [6.07, 6.45) is 0. The number of benzene rings is 3.